The van der Waals surface area contributed by atoms with Crippen molar-refractivity contribution in [1.29, 1.82) is 5.26 Å². The van der Waals surface area contributed by atoms with E-state index in [0.29, 0.717) is 36.8 Å². The van der Waals surface area contributed by atoms with Crippen molar-refractivity contribution >= 4 is 21.6 Å². The molecule has 1 N–H and O–H groups in total. The number of hydrogen-bond donors (Lipinski definition) is 1. The maximum absolute atomic E-state index is 13.8. The van der Waals surface area contributed by atoms with Crippen LogP contribution in [0.5, 0.6) is 5.75 Å². The third kappa shape index (κ3) is 4.76. The van der Waals surface area contributed by atoms with Crippen LogP contribution >= 0.6 is 11.6 Å². The fourth-order valence-corrected chi connectivity index (χ4v) is 5.70. The number of ether oxygens (including phenoxy) is 1. The van der Waals surface area contributed by atoms with Crippen molar-refractivity contribution in [2.24, 2.45) is 0 Å². The number of allylic oxidation sites excluding steroid dienone is 4. The largest absolute Gasteiger partial charge is 0.460 e. The molecule has 1 aromatic heterocycles. The molecule has 0 bridgehead atoms. The van der Waals surface area contributed by atoms with Crippen LogP contribution in [-0.4, -0.2) is 53.2 Å². The van der Waals surface area contributed by atoms with Gasteiger partial charge in [0.2, 0.25) is 10.0 Å². The van der Waals surface area contributed by atoms with E-state index in [9.17, 15) is 13.7 Å². The lowest BCUT2D eigenvalue weighted by Crippen LogP contribution is -2.55. The lowest BCUT2D eigenvalue weighted by Gasteiger charge is -2.35. The van der Waals surface area contributed by atoms with Gasteiger partial charge < -0.3 is 10.1 Å². The summed E-state index contributed by atoms with van der Waals surface area (Å²) in [5.74, 6) is 0.607. The van der Waals surface area contributed by atoms with Crippen molar-refractivity contribution in [2.45, 2.75) is 23.9 Å². The molecule has 1 atom stereocenters. The Morgan fingerprint density at radius 2 is 2.22 bits per heavy atom. The Morgan fingerprint density at radius 3 is 2.94 bits per heavy atom. The minimum atomic E-state index is -4.00. The van der Waals surface area contributed by atoms with Crippen LogP contribution in [0.25, 0.3) is 0 Å². The van der Waals surface area contributed by atoms with Gasteiger partial charge in [-0.2, -0.15) is 14.7 Å². The summed E-state index contributed by atoms with van der Waals surface area (Å²) in [4.78, 5) is 3.86. The highest BCUT2D eigenvalue weighted by Crippen LogP contribution is 2.33. The fraction of sp³-hybridized carbons (Fsp3) is 0.286. The smallest absolute Gasteiger partial charge is 0.247 e. The second-order valence-corrected chi connectivity index (χ2v) is 9.74. The normalized spacial score (nSPS) is 19.8. The van der Waals surface area contributed by atoms with E-state index in [1.807, 2.05) is 6.07 Å². The maximum Gasteiger partial charge on any atom is 0.247 e. The van der Waals surface area contributed by atoms with Crippen molar-refractivity contribution in [3.05, 3.63) is 71.5 Å². The zero-order valence-corrected chi connectivity index (χ0v) is 18.7. The quantitative estimate of drug-likeness (QED) is 0.685. The van der Waals surface area contributed by atoms with Crippen LogP contribution in [0, 0.1) is 11.3 Å². The topological polar surface area (TPSA) is 113 Å². The van der Waals surface area contributed by atoms with Crippen molar-refractivity contribution in [3.63, 3.8) is 0 Å². The molecule has 0 saturated carbocycles. The molecule has 1 fully saturated rings. The first kappa shape index (κ1) is 22.2. The average molecular weight is 473 g/mol. The monoisotopic (exact) mass is 472 g/mol. The highest BCUT2D eigenvalue weighted by Gasteiger charge is 2.36. The Balaban J connectivity index is 1.70. The van der Waals surface area contributed by atoms with E-state index in [2.05, 4.69) is 22.0 Å². The molecule has 1 aliphatic heterocycles. The summed E-state index contributed by atoms with van der Waals surface area (Å²) in [5, 5.41) is 17.1. The molecule has 1 saturated heterocycles. The van der Waals surface area contributed by atoms with Gasteiger partial charge in [-0.1, -0.05) is 18.2 Å². The lowest BCUT2D eigenvalue weighted by molar-refractivity contribution is 0.237. The summed E-state index contributed by atoms with van der Waals surface area (Å²) < 4.78 is 36.5. The molecule has 11 heteroatoms. The van der Waals surface area contributed by atoms with Crippen LogP contribution in [0.3, 0.4) is 0 Å². The summed E-state index contributed by atoms with van der Waals surface area (Å²) in [6, 6.07) is 5.97. The summed E-state index contributed by atoms with van der Waals surface area (Å²) in [7, 11) is -4.00. The molecule has 2 heterocycles. The van der Waals surface area contributed by atoms with Gasteiger partial charge in [0.05, 0.1) is 24.2 Å². The van der Waals surface area contributed by atoms with E-state index in [0.717, 1.165) is 5.57 Å². The number of aromatic nitrogens is 3. The Kier molecular flexibility index (Phi) is 6.43. The van der Waals surface area contributed by atoms with Crippen molar-refractivity contribution in [3.8, 4) is 11.8 Å². The van der Waals surface area contributed by atoms with Crippen LogP contribution in [0.2, 0.25) is 0 Å². The van der Waals surface area contributed by atoms with Gasteiger partial charge in [0.15, 0.2) is 0 Å². The molecule has 1 aromatic carbocycles. The van der Waals surface area contributed by atoms with Gasteiger partial charge in [-0.3, -0.25) is 4.68 Å². The van der Waals surface area contributed by atoms with Gasteiger partial charge in [0.1, 0.15) is 29.1 Å². The van der Waals surface area contributed by atoms with Gasteiger partial charge in [-0.05, 0) is 35.9 Å². The number of rotatable bonds is 6. The highest BCUT2D eigenvalue weighted by atomic mass is 35.5. The number of nitrogens with zero attached hydrogens (tertiary/aromatic N) is 5. The molecule has 1 unspecified atom stereocenters. The van der Waals surface area contributed by atoms with Crippen molar-refractivity contribution in [1.82, 2.24) is 24.4 Å². The summed E-state index contributed by atoms with van der Waals surface area (Å²) >= 11 is 6.11. The van der Waals surface area contributed by atoms with Crippen LogP contribution in [-0.2, 0) is 16.6 Å². The Hall–Kier alpha value is -2.97. The van der Waals surface area contributed by atoms with Gasteiger partial charge >= 0.3 is 0 Å². The van der Waals surface area contributed by atoms with Gasteiger partial charge in [0.25, 0.3) is 0 Å². The van der Waals surface area contributed by atoms with E-state index in [1.54, 1.807) is 23.2 Å². The summed E-state index contributed by atoms with van der Waals surface area (Å²) in [6.07, 6.45) is 6.70. The second kappa shape index (κ2) is 9.26. The van der Waals surface area contributed by atoms with E-state index in [4.69, 9.17) is 16.3 Å². The number of nitriles is 1. The van der Waals surface area contributed by atoms with Crippen molar-refractivity contribution in [2.75, 3.05) is 19.6 Å². The number of benzene rings is 1. The third-order valence-corrected chi connectivity index (χ3v) is 7.29. The molecule has 1 aliphatic carbocycles. The maximum atomic E-state index is 13.8. The first-order valence-electron chi connectivity index (χ1n) is 9.89. The molecule has 0 amide bonds. The van der Waals surface area contributed by atoms with E-state index in [-0.39, 0.29) is 28.8 Å². The predicted molar refractivity (Wildman–Crippen MR) is 118 cm³/mol. The minimum absolute atomic E-state index is 0.0702. The standard InChI is InChI=1S/C21H21ClN6O3S/c1-15-6-17(22)9-19(7-15)31-20-3-2-16(10-23)8-21(20)32(29,30)28-5-4-24-11-18(28)12-27-14-25-13-26-27/h2-3,6,8-9,13-14,18,24H,1,4-5,7,11-12H2. The summed E-state index contributed by atoms with van der Waals surface area (Å²) in [6.45, 7) is 5.47. The van der Waals surface area contributed by atoms with Crippen LogP contribution in [0.1, 0.15) is 12.0 Å². The number of nitrogens with one attached hydrogen (secondary N) is 1. The molecule has 9 nitrogen and oxygen atoms in total. The molecule has 2 aromatic rings. The molecule has 0 spiro atoms. The summed E-state index contributed by atoms with van der Waals surface area (Å²) in [5.41, 5.74) is 0.972. The zero-order valence-electron chi connectivity index (χ0n) is 17.1. The number of hydrogen-bond acceptors (Lipinski definition) is 7. The van der Waals surface area contributed by atoms with E-state index < -0.39 is 10.0 Å². The van der Waals surface area contributed by atoms with Crippen LogP contribution in [0.15, 0.2) is 70.8 Å². The van der Waals surface area contributed by atoms with Gasteiger partial charge in [0, 0.05) is 31.1 Å². The second-order valence-electron chi connectivity index (χ2n) is 7.44. The number of sulfonamides is 1. The lowest BCUT2D eigenvalue weighted by atomic mass is 10.1. The fourth-order valence-electron chi connectivity index (χ4n) is 3.67. The Bertz CT molecular complexity index is 1230. The zero-order chi connectivity index (χ0) is 22.7. The highest BCUT2D eigenvalue weighted by molar-refractivity contribution is 7.89. The average Bonchev–Trinajstić information content (AvgIpc) is 3.26. The molecular weight excluding hydrogens is 452 g/mol. The first-order valence-corrected chi connectivity index (χ1v) is 11.7. The van der Waals surface area contributed by atoms with Gasteiger partial charge in [-0.15, -0.1) is 0 Å². The molecule has 0 radical (unpaired) electrons. The van der Waals surface area contributed by atoms with Crippen LogP contribution in [0.4, 0.5) is 0 Å². The molecule has 32 heavy (non-hydrogen) atoms. The third-order valence-electron chi connectivity index (χ3n) is 5.10. The Labute approximate surface area is 191 Å². The van der Waals surface area contributed by atoms with E-state index >= 15 is 0 Å². The van der Waals surface area contributed by atoms with Gasteiger partial charge in [-0.25, -0.2) is 13.4 Å². The number of piperazine rings is 1. The molecule has 2 aliphatic rings. The molecular formula is C21H21ClN6O3S. The number of halogens is 1. The predicted octanol–water partition coefficient (Wildman–Crippen LogP) is 2.16. The minimum Gasteiger partial charge on any atom is -0.460 e. The SMILES string of the molecule is C=C1C=C(Cl)C=C(Oc2ccc(C#N)cc2S(=O)(=O)N2CCNCC2Cn2cncn2)C1. The first-order chi connectivity index (χ1) is 15.4. The van der Waals surface area contributed by atoms with Crippen LogP contribution < -0.4 is 10.1 Å². The molecule has 166 valence electrons. The molecule has 4 rings (SSSR count). The van der Waals surface area contributed by atoms with Crippen molar-refractivity contribution < 1.29 is 13.2 Å². The Morgan fingerprint density at radius 1 is 1.38 bits per heavy atom. The van der Waals surface area contributed by atoms with E-state index in [1.165, 1.54) is 28.8 Å².